The standard InChI is InChI=1S/C16H13N3O5/c20-14(10-2-1-3-11(7-10)19(23)24)17-18-15(21)12-8-4-5-9(6-8)13(12)16(18)22/h1-5,7-9,12-13H,6H2,(H,17,20)/t8-,9-,12-,13-/m0/s1. The van der Waals surface area contributed by atoms with Gasteiger partial charge in [0, 0.05) is 17.7 Å². The zero-order valence-electron chi connectivity index (χ0n) is 12.4. The molecular weight excluding hydrogens is 314 g/mol. The van der Waals surface area contributed by atoms with Crippen molar-refractivity contribution in [2.24, 2.45) is 23.7 Å². The molecule has 0 unspecified atom stereocenters. The van der Waals surface area contributed by atoms with Crippen molar-refractivity contribution in [2.45, 2.75) is 6.42 Å². The lowest BCUT2D eigenvalue weighted by molar-refractivity contribution is -0.384. The Bertz CT molecular complexity index is 788. The molecule has 0 radical (unpaired) electrons. The maximum absolute atomic E-state index is 12.5. The molecule has 1 saturated carbocycles. The maximum atomic E-state index is 12.5. The number of carbonyl (C=O) groups is 3. The molecule has 4 atom stereocenters. The van der Waals surface area contributed by atoms with Gasteiger partial charge in [0.2, 0.25) is 0 Å². The lowest BCUT2D eigenvalue weighted by atomic mass is 9.85. The largest absolute Gasteiger partial charge is 0.272 e. The van der Waals surface area contributed by atoms with Crippen molar-refractivity contribution < 1.29 is 19.3 Å². The smallest absolute Gasteiger partial charge is 0.270 e. The summed E-state index contributed by atoms with van der Waals surface area (Å²) in [7, 11) is 0. The number of benzene rings is 1. The highest BCUT2D eigenvalue weighted by Crippen LogP contribution is 2.52. The van der Waals surface area contributed by atoms with E-state index < -0.39 is 34.5 Å². The molecule has 1 N–H and O–H groups in total. The van der Waals surface area contributed by atoms with E-state index in [0.717, 1.165) is 17.5 Å². The number of imide groups is 1. The second kappa shape index (κ2) is 4.98. The number of non-ortho nitro benzene ring substituents is 1. The number of nitrogens with one attached hydrogen (secondary N) is 1. The van der Waals surface area contributed by atoms with Crippen molar-refractivity contribution in [3.8, 4) is 0 Å². The van der Waals surface area contributed by atoms with Crippen LogP contribution in [0.15, 0.2) is 36.4 Å². The maximum Gasteiger partial charge on any atom is 0.270 e. The zero-order chi connectivity index (χ0) is 17.0. The number of nitrogens with zero attached hydrogens (tertiary/aromatic N) is 2. The Hall–Kier alpha value is -3.03. The number of carbonyl (C=O) groups excluding carboxylic acids is 3. The highest BCUT2D eigenvalue weighted by Gasteiger charge is 2.59. The van der Waals surface area contributed by atoms with E-state index in [4.69, 9.17) is 0 Å². The number of nitro benzene ring substituents is 1. The van der Waals surface area contributed by atoms with Gasteiger partial charge in [-0.2, -0.15) is 5.01 Å². The van der Waals surface area contributed by atoms with Gasteiger partial charge in [-0.15, -0.1) is 0 Å². The fourth-order valence-corrected chi connectivity index (χ4v) is 3.94. The van der Waals surface area contributed by atoms with E-state index in [2.05, 4.69) is 5.43 Å². The lowest BCUT2D eigenvalue weighted by Gasteiger charge is -2.17. The summed E-state index contributed by atoms with van der Waals surface area (Å²) in [5.41, 5.74) is 2.08. The zero-order valence-corrected chi connectivity index (χ0v) is 12.4. The van der Waals surface area contributed by atoms with Crippen molar-refractivity contribution in [2.75, 3.05) is 0 Å². The van der Waals surface area contributed by atoms with Crippen molar-refractivity contribution >= 4 is 23.4 Å². The minimum atomic E-state index is -0.722. The number of hydrogen-bond donors (Lipinski definition) is 1. The number of fused-ring (bicyclic) bond motifs is 5. The van der Waals surface area contributed by atoms with Gasteiger partial charge in [0.1, 0.15) is 0 Å². The second-order valence-corrected chi connectivity index (χ2v) is 6.26. The molecule has 0 aromatic heterocycles. The first-order valence-electron chi connectivity index (χ1n) is 7.59. The van der Waals surface area contributed by atoms with Crippen LogP contribution < -0.4 is 5.43 Å². The van der Waals surface area contributed by atoms with Crippen molar-refractivity contribution in [1.82, 2.24) is 10.4 Å². The molecule has 2 fully saturated rings. The van der Waals surface area contributed by atoms with Gasteiger partial charge in [-0.1, -0.05) is 18.2 Å². The molecule has 0 spiro atoms. The number of allylic oxidation sites excluding steroid dienone is 2. The van der Waals surface area contributed by atoms with Crippen molar-refractivity contribution in [3.05, 3.63) is 52.1 Å². The van der Waals surface area contributed by atoms with Crippen molar-refractivity contribution in [3.63, 3.8) is 0 Å². The Morgan fingerprint density at radius 1 is 1.17 bits per heavy atom. The van der Waals surface area contributed by atoms with Crippen molar-refractivity contribution in [1.29, 1.82) is 0 Å². The van der Waals surface area contributed by atoms with Gasteiger partial charge in [0.25, 0.3) is 23.4 Å². The van der Waals surface area contributed by atoms with E-state index >= 15 is 0 Å². The molecule has 1 aromatic carbocycles. The first-order chi connectivity index (χ1) is 11.5. The average Bonchev–Trinajstić information content (AvgIpc) is 3.24. The van der Waals surface area contributed by atoms with Gasteiger partial charge < -0.3 is 0 Å². The van der Waals surface area contributed by atoms with Crippen LogP contribution in [0.5, 0.6) is 0 Å². The van der Waals surface area contributed by atoms with Gasteiger partial charge in [0.15, 0.2) is 0 Å². The summed E-state index contributed by atoms with van der Waals surface area (Å²) in [6, 6.07) is 5.13. The quantitative estimate of drug-likeness (QED) is 0.386. The van der Waals surface area contributed by atoms with Crippen LogP contribution in [-0.2, 0) is 9.59 Å². The molecule has 1 aromatic rings. The van der Waals surface area contributed by atoms with Gasteiger partial charge >= 0.3 is 0 Å². The summed E-state index contributed by atoms with van der Waals surface area (Å²) in [5, 5.41) is 11.6. The highest BCUT2D eigenvalue weighted by atomic mass is 16.6. The van der Waals surface area contributed by atoms with Crippen LogP contribution in [0.2, 0.25) is 0 Å². The molecule has 2 aliphatic carbocycles. The Balaban J connectivity index is 1.55. The minimum Gasteiger partial charge on any atom is -0.272 e. The van der Waals surface area contributed by atoms with Crippen LogP contribution >= 0.6 is 0 Å². The molecule has 24 heavy (non-hydrogen) atoms. The van der Waals surface area contributed by atoms with Crippen LogP contribution in [0, 0.1) is 33.8 Å². The van der Waals surface area contributed by atoms with Gasteiger partial charge in [-0.25, -0.2) is 0 Å². The Morgan fingerprint density at radius 3 is 2.38 bits per heavy atom. The summed E-state index contributed by atoms with van der Waals surface area (Å²) in [6.45, 7) is 0. The highest BCUT2D eigenvalue weighted by molar-refractivity contribution is 6.08. The number of nitro groups is 1. The average molecular weight is 327 g/mol. The van der Waals surface area contributed by atoms with E-state index in [9.17, 15) is 24.5 Å². The summed E-state index contributed by atoms with van der Waals surface area (Å²) in [6.07, 6.45) is 4.73. The Labute approximate surface area is 136 Å². The topological polar surface area (TPSA) is 110 Å². The SMILES string of the molecule is O=C(NN1C(=O)[C@@H]2[C@@H](C1=O)[C@H]1C=C[C@H]2C1)c1cccc([N+](=O)[O-])c1. The van der Waals surface area contributed by atoms with Crippen LogP contribution in [0.4, 0.5) is 5.69 Å². The second-order valence-electron chi connectivity index (χ2n) is 6.26. The van der Waals surface area contributed by atoms with Crippen LogP contribution in [0.3, 0.4) is 0 Å². The van der Waals surface area contributed by atoms with Gasteiger partial charge in [-0.3, -0.25) is 29.9 Å². The molecule has 8 heteroatoms. The first-order valence-corrected chi connectivity index (χ1v) is 7.59. The van der Waals surface area contributed by atoms with E-state index in [1.807, 2.05) is 12.2 Å². The third-order valence-corrected chi connectivity index (χ3v) is 5.00. The van der Waals surface area contributed by atoms with Gasteiger partial charge in [0.05, 0.1) is 16.8 Å². The molecule has 3 aliphatic rings. The molecule has 8 nitrogen and oxygen atoms in total. The molecule has 122 valence electrons. The Kier molecular flexibility index (Phi) is 3.02. The molecule has 4 rings (SSSR count). The first kappa shape index (κ1) is 14.6. The molecule has 3 amide bonds. The number of amides is 3. The molecule has 2 bridgehead atoms. The van der Waals surface area contributed by atoms with Crippen LogP contribution in [-0.4, -0.2) is 27.7 Å². The molecular formula is C16H13N3O5. The number of hydrazine groups is 1. The lowest BCUT2D eigenvalue weighted by Crippen LogP contribution is -2.47. The van der Waals surface area contributed by atoms with E-state index in [0.29, 0.717) is 0 Å². The number of hydrogen-bond acceptors (Lipinski definition) is 5. The third-order valence-electron chi connectivity index (χ3n) is 5.00. The monoisotopic (exact) mass is 327 g/mol. The number of rotatable bonds is 3. The molecule has 1 aliphatic heterocycles. The van der Waals surface area contributed by atoms with Crippen LogP contribution in [0.1, 0.15) is 16.8 Å². The fraction of sp³-hybridized carbons (Fsp3) is 0.312. The minimum absolute atomic E-state index is 0.0166. The summed E-state index contributed by atoms with van der Waals surface area (Å²) < 4.78 is 0. The van der Waals surface area contributed by atoms with E-state index in [-0.39, 0.29) is 23.1 Å². The molecule has 1 heterocycles. The molecule has 1 saturated heterocycles. The van der Waals surface area contributed by atoms with Gasteiger partial charge in [-0.05, 0) is 24.3 Å². The fourth-order valence-electron chi connectivity index (χ4n) is 3.94. The summed E-state index contributed by atoms with van der Waals surface area (Å²) in [4.78, 5) is 47.4. The predicted molar refractivity (Wildman–Crippen MR) is 80.1 cm³/mol. The van der Waals surface area contributed by atoms with E-state index in [1.54, 1.807) is 0 Å². The van der Waals surface area contributed by atoms with E-state index in [1.165, 1.54) is 18.2 Å². The third kappa shape index (κ3) is 1.96. The Morgan fingerprint density at radius 2 is 1.79 bits per heavy atom. The summed E-state index contributed by atoms with van der Waals surface area (Å²) in [5.74, 6) is -2.23. The van der Waals surface area contributed by atoms with Crippen LogP contribution in [0.25, 0.3) is 0 Å². The normalized spacial score (nSPS) is 29.9. The summed E-state index contributed by atoms with van der Waals surface area (Å²) >= 11 is 0. The predicted octanol–water partition coefficient (Wildman–Crippen LogP) is 1.05.